The molecule has 0 aromatic rings. The Kier molecular flexibility index (Phi) is 4.94. The first kappa shape index (κ1) is 15.5. The Balaban J connectivity index is 2.85. The zero-order valence-corrected chi connectivity index (χ0v) is 11.0. The van der Waals surface area contributed by atoms with Crippen molar-refractivity contribution >= 4 is 16.4 Å². The van der Waals surface area contributed by atoms with E-state index in [0.717, 1.165) is 12.8 Å². The zero-order valence-electron chi connectivity index (χ0n) is 10.2. The van der Waals surface area contributed by atoms with E-state index in [1.165, 1.54) is 0 Å². The average molecular weight is 296 g/mol. The Morgan fingerprint density at radius 3 is 2.68 bits per heavy atom. The third-order valence-electron chi connectivity index (χ3n) is 2.10. The average Bonchev–Trinajstić information content (AvgIpc) is 2.30. The Labute approximate surface area is 110 Å². The molecule has 0 aromatic carbocycles. The number of aliphatic hydroxyl groups is 1. The van der Waals surface area contributed by atoms with Gasteiger partial charge < -0.3 is 21.3 Å². The molecule has 10 nitrogen and oxygen atoms in total. The lowest BCUT2D eigenvalue weighted by Gasteiger charge is -2.29. The summed E-state index contributed by atoms with van der Waals surface area (Å²) in [4.78, 5) is 3.60. The summed E-state index contributed by atoms with van der Waals surface area (Å²) < 4.78 is 38.9. The van der Waals surface area contributed by atoms with Crippen molar-refractivity contribution in [2.24, 2.45) is 16.5 Å². The molecular formula is C8H16N4O6S. The van der Waals surface area contributed by atoms with E-state index in [9.17, 15) is 13.5 Å². The number of hydrogen-bond acceptors (Lipinski definition) is 9. The minimum absolute atomic E-state index is 0.214. The van der Waals surface area contributed by atoms with Gasteiger partial charge >= 0.3 is 10.4 Å². The van der Waals surface area contributed by atoms with Crippen molar-refractivity contribution in [1.82, 2.24) is 5.06 Å². The summed E-state index contributed by atoms with van der Waals surface area (Å²) >= 11 is 0. The number of hydroxylamine groups is 2. The summed E-state index contributed by atoms with van der Waals surface area (Å²) in [5.74, 6) is -1.25. The van der Waals surface area contributed by atoms with Crippen molar-refractivity contribution < 1.29 is 27.1 Å². The molecular weight excluding hydrogens is 280 g/mol. The minimum atomic E-state index is -4.84. The van der Waals surface area contributed by atoms with Crippen LogP contribution in [-0.4, -0.2) is 41.9 Å². The van der Waals surface area contributed by atoms with E-state index < -0.39 is 28.3 Å². The number of guanidine groups is 1. The molecule has 19 heavy (non-hydrogen) atoms. The second-order valence-corrected chi connectivity index (χ2v) is 4.64. The number of rotatable bonds is 6. The molecule has 1 rings (SSSR count). The summed E-state index contributed by atoms with van der Waals surface area (Å²) in [6.45, 7) is 2.24. The maximum absolute atomic E-state index is 10.6. The first-order valence-electron chi connectivity index (χ1n) is 5.38. The topological polar surface area (TPSA) is 161 Å². The minimum Gasteiger partial charge on any atom is -0.504 e. The van der Waals surface area contributed by atoms with Crippen LogP contribution in [0, 0.1) is 0 Å². The van der Waals surface area contributed by atoms with Gasteiger partial charge in [0.05, 0.1) is 6.61 Å². The number of aliphatic hydroxyl groups excluding tert-OH is 1. The highest BCUT2D eigenvalue weighted by Gasteiger charge is 2.33. The van der Waals surface area contributed by atoms with Gasteiger partial charge in [0.25, 0.3) is 5.88 Å². The number of unbranched alkanes of at least 4 members (excludes halogenated alkanes) is 1. The van der Waals surface area contributed by atoms with E-state index in [0.29, 0.717) is 11.7 Å². The van der Waals surface area contributed by atoms with Crippen molar-refractivity contribution in [3.05, 3.63) is 11.6 Å². The van der Waals surface area contributed by atoms with E-state index in [-0.39, 0.29) is 5.88 Å². The summed E-state index contributed by atoms with van der Waals surface area (Å²) in [5.41, 5.74) is 10.9. The second kappa shape index (κ2) is 6.06. The molecule has 0 fully saturated rings. The molecule has 110 valence electrons. The molecule has 1 aliphatic rings. The third kappa shape index (κ3) is 4.24. The molecule has 1 aliphatic heterocycles. The smallest absolute Gasteiger partial charge is 0.418 e. The van der Waals surface area contributed by atoms with Crippen LogP contribution in [0.25, 0.3) is 0 Å². The van der Waals surface area contributed by atoms with Gasteiger partial charge in [0.1, 0.15) is 0 Å². The van der Waals surface area contributed by atoms with Gasteiger partial charge in [-0.15, -0.1) is 4.28 Å². The van der Waals surface area contributed by atoms with Crippen LogP contribution >= 0.6 is 0 Å². The molecule has 1 heterocycles. The molecule has 0 radical (unpaired) electrons. The van der Waals surface area contributed by atoms with Crippen molar-refractivity contribution in [2.45, 2.75) is 25.9 Å². The van der Waals surface area contributed by atoms with Crippen LogP contribution in [0.5, 0.6) is 0 Å². The van der Waals surface area contributed by atoms with Crippen molar-refractivity contribution in [2.75, 3.05) is 6.61 Å². The predicted molar refractivity (Wildman–Crippen MR) is 64.6 cm³/mol. The third-order valence-corrected chi connectivity index (χ3v) is 2.45. The van der Waals surface area contributed by atoms with Gasteiger partial charge in [0.2, 0.25) is 5.96 Å². The molecule has 1 unspecified atom stereocenters. The highest BCUT2D eigenvalue weighted by Crippen LogP contribution is 2.18. The molecule has 0 spiro atoms. The van der Waals surface area contributed by atoms with Crippen molar-refractivity contribution in [1.29, 1.82) is 0 Å². The first-order valence-corrected chi connectivity index (χ1v) is 6.74. The number of hydrogen-bond donors (Lipinski definition) is 4. The normalized spacial score (nSPS) is 20.5. The van der Waals surface area contributed by atoms with Crippen LogP contribution in [0.1, 0.15) is 19.8 Å². The zero-order chi connectivity index (χ0) is 14.6. The molecule has 0 bridgehead atoms. The summed E-state index contributed by atoms with van der Waals surface area (Å²) in [7, 11) is -4.84. The van der Waals surface area contributed by atoms with Crippen molar-refractivity contribution in [3.8, 4) is 0 Å². The summed E-state index contributed by atoms with van der Waals surface area (Å²) in [5, 5.41) is 10.0. The Bertz CT molecular complexity index is 487. The maximum atomic E-state index is 10.6. The highest BCUT2D eigenvalue weighted by atomic mass is 32.3. The lowest BCUT2D eigenvalue weighted by molar-refractivity contribution is -0.0331. The monoisotopic (exact) mass is 296 g/mol. The largest absolute Gasteiger partial charge is 0.504 e. The fraction of sp³-hybridized carbons (Fsp3) is 0.625. The molecule has 11 heteroatoms. The molecule has 1 atom stereocenters. The van der Waals surface area contributed by atoms with E-state index >= 15 is 0 Å². The van der Waals surface area contributed by atoms with Crippen LogP contribution < -0.4 is 11.5 Å². The Morgan fingerprint density at radius 2 is 2.16 bits per heavy atom. The molecule has 0 amide bonds. The standard InChI is InChI=1S/C8H16N4O6S/c1-2-3-4-17-7-5(13)6(9)12(8(10)11-7)18-19(14,15)16/h6,13H,2-4,9H2,1H3,(H2,10,11)(H,14,15,16). The fourth-order valence-corrected chi connectivity index (χ4v) is 1.57. The Morgan fingerprint density at radius 1 is 1.53 bits per heavy atom. The fourth-order valence-electron chi connectivity index (χ4n) is 1.20. The number of nitrogens with zero attached hydrogens (tertiary/aromatic N) is 2. The summed E-state index contributed by atoms with van der Waals surface area (Å²) in [6.07, 6.45) is 0.139. The van der Waals surface area contributed by atoms with E-state index in [1.54, 1.807) is 0 Å². The van der Waals surface area contributed by atoms with Crippen LogP contribution in [0.15, 0.2) is 16.6 Å². The van der Waals surface area contributed by atoms with Crippen LogP contribution in [-0.2, 0) is 19.4 Å². The molecule has 0 saturated heterocycles. The van der Waals surface area contributed by atoms with Gasteiger partial charge in [0.15, 0.2) is 11.9 Å². The lowest BCUT2D eigenvalue weighted by atomic mass is 10.3. The maximum Gasteiger partial charge on any atom is 0.418 e. The van der Waals surface area contributed by atoms with Gasteiger partial charge in [-0.2, -0.15) is 18.5 Å². The number of ether oxygens (including phenoxy) is 1. The second-order valence-electron chi connectivity index (χ2n) is 3.64. The van der Waals surface area contributed by atoms with Gasteiger partial charge in [-0.3, -0.25) is 4.55 Å². The van der Waals surface area contributed by atoms with Gasteiger partial charge in [-0.05, 0) is 6.42 Å². The van der Waals surface area contributed by atoms with E-state index in [4.69, 9.17) is 20.8 Å². The number of aliphatic imine (C=N–C) groups is 1. The van der Waals surface area contributed by atoms with E-state index in [1.807, 2.05) is 6.92 Å². The van der Waals surface area contributed by atoms with Gasteiger partial charge in [-0.25, -0.2) is 0 Å². The molecule has 0 aliphatic carbocycles. The molecule has 0 aromatic heterocycles. The SMILES string of the molecule is CCCCOC1=C(O)C(N)N(OS(=O)(=O)O)C(N)=N1. The molecule has 0 saturated carbocycles. The predicted octanol–water partition coefficient (Wildman–Crippen LogP) is -0.820. The lowest BCUT2D eigenvalue weighted by Crippen LogP contribution is -2.53. The van der Waals surface area contributed by atoms with E-state index in [2.05, 4.69) is 9.28 Å². The van der Waals surface area contributed by atoms with Crippen LogP contribution in [0.3, 0.4) is 0 Å². The molecule has 6 N–H and O–H groups in total. The summed E-state index contributed by atoms with van der Waals surface area (Å²) in [6, 6.07) is 0. The van der Waals surface area contributed by atoms with Crippen LogP contribution in [0.2, 0.25) is 0 Å². The Hall–Kier alpha value is -1.56. The first-order chi connectivity index (χ1) is 8.76. The number of nitrogens with two attached hydrogens (primary N) is 2. The van der Waals surface area contributed by atoms with Gasteiger partial charge in [-0.1, -0.05) is 13.3 Å². The van der Waals surface area contributed by atoms with Gasteiger partial charge in [0, 0.05) is 0 Å². The van der Waals surface area contributed by atoms with Crippen LogP contribution in [0.4, 0.5) is 0 Å². The quantitative estimate of drug-likeness (QED) is 0.362. The highest BCUT2D eigenvalue weighted by molar-refractivity contribution is 7.80. The van der Waals surface area contributed by atoms with Crippen molar-refractivity contribution in [3.63, 3.8) is 0 Å².